The van der Waals surface area contributed by atoms with E-state index in [9.17, 15) is 17.6 Å². The topological polar surface area (TPSA) is 57.7 Å². The van der Waals surface area contributed by atoms with Crippen LogP contribution in [0.15, 0.2) is 48.5 Å². The van der Waals surface area contributed by atoms with Crippen molar-refractivity contribution in [3.05, 3.63) is 65.5 Å². The van der Waals surface area contributed by atoms with Gasteiger partial charge in [0.15, 0.2) is 0 Å². The van der Waals surface area contributed by atoms with Gasteiger partial charge in [0.25, 0.3) is 5.91 Å². The van der Waals surface area contributed by atoms with Crippen LogP contribution >= 0.6 is 0 Å². The molecule has 3 rings (SSSR count). The molecule has 2 aromatic rings. The van der Waals surface area contributed by atoms with Crippen LogP contribution in [0.25, 0.3) is 0 Å². The Balaban J connectivity index is 1.80. The van der Waals surface area contributed by atoms with Crippen molar-refractivity contribution in [3.8, 4) is 0 Å². The molecule has 1 amide bonds. The molecule has 0 unspecified atom stereocenters. The van der Waals surface area contributed by atoms with Crippen molar-refractivity contribution >= 4 is 21.6 Å². The molecule has 0 saturated carbocycles. The molecule has 0 aromatic heterocycles. The van der Waals surface area contributed by atoms with E-state index in [0.29, 0.717) is 22.7 Å². The standard InChI is InChI=1S/C21H25FN2O3S/c1-16-4-3-13-23(14-16)21(25)18-7-11-20(12-8-18)24(28(2,26)27)15-17-5-9-19(22)10-6-17/h5-12,16H,3-4,13-15H2,1-2H3/t16-/m1/s1. The van der Waals surface area contributed by atoms with Gasteiger partial charge in [-0.1, -0.05) is 19.1 Å². The van der Waals surface area contributed by atoms with Gasteiger partial charge >= 0.3 is 0 Å². The third-order valence-electron chi connectivity index (χ3n) is 4.99. The van der Waals surface area contributed by atoms with E-state index in [0.717, 1.165) is 32.2 Å². The number of hydrogen-bond acceptors (Lipinski definition) is 3. The number of likely N-dealkylation sites (tertiary alicyclic amines) is 1. The molecule has 28 heavy (non-hydrogen) atoms. The normalized spacial score (nSPS) is 17.4. The van der Waals surface area contributed by atoms with Gasteiger partial charge < -0.3 is 4.90 Å². The van der Waals surface area contributed by atoms with Gasteiger partial charge in [0.1, 0.15) is 5.82 Å². The minimum absolute atomic E-state index is 0.0254. The van der Waals surface area contributed by atoms with Crippen LogP contribution < -0.4 is 4.31 Å². The molecule has 1 atom stereocenters. The van der Waals surface area contributed by atoms with Gasteiger partial charge in [0, 0.05) is 18.7 Å². The molecule has 0 radical (unpaired) electrons. The number of hydrogen-bond donors (Lipinski definition) is 0. The lowest BCUT2D eigenvalue weighted by atomic mass is 9.99. The van der Waals surface area contributed by atoms with Crippen molar-refractivity contribution in [3.63, 3.8) is 0 Å². The molecule has 0 N–H and O–H groups in total. The highest BCUT2D eigenvalue weighted by atomic mass is 32.2. The summed E-state index contributed by atoms with van der Waals surface area (Å²) >= 11 is 0. The van der Waals surface area contributed by atoms with Crippen LogP contribution in [0.3, 0.4) is 0 Å². The summed E-state index contributed by atoms with van der Waals surface area (Å²) in [5.41, 5.74) is 1.69. The first kappa shape index (κ1) is 20.3. The highest BCUT2D eigenvalue weighted by Crippen LogP contribution is 2.23. The monoisotopic (exact) mass is 404 g/mol. The van der Waals surface area contributed by atoms with Crippen LogP contribution in [-0.2, 0) is 16.6 Å². The predicted octanol–water partition coefficient (Wildman–Crippen LogP) is 3.66. The molecule has 1 saturated heterocycles. The first-order valence-electron chi connectivity index (χ1n) is 9.35. The minimum Gasteiger partial charge on any atom is -0.338 e. The largest absolute Gasteiger partial charge is 0.338 e. The lowest BCUT2D eigenvalue weighted by Crippen LogP contribution is -2.39. The molecule has 0 spiro atoms. The van der Waals surface area contributed by atoms with E-state index in [-0.39, 0.29) is 18.3 Å². The zero-order valence-corrected chi connectivity index (χ0v) is 17.0. The first-order chi connectivity index (χ1) is 13.2. The van der Waals surface area contributed by atoms with Gasteiger partial charge in [0.2, 0.25) is 10.0 Å². The molecule has 0 bridgehead atoms. The third-order valence-corrected chi connectivity index (χ3v) is 6.13. The first-order valence-corrected chi connectivity index (χ1v) is 11.2. The fraction of sp³-hybridized carbons (Fsp3) is 0.381. The van der Waals surface area contributed by atoms with Crippen molar-refractivity contribution < 1.29 is 17.6 Å². The summed E-state index contributed by atoms with van der Waals surface area (Å²) in [4.78, 5) is 14.6. The van der Waals surface area contributed by atoms with Gasteiger partial charge in [-0.05, 0) is 60.7 Å². The van der Waals surface area contributed by atoms with Crippen LogP contribution in [0.5, 0.6) is 0 Å². The summed E-state index contributed by atoms with van der Waals surface area (Å²) in [5, 5.41) is 0. The zero-order valence-electron chi connectivity index (χ0n) is 16.1. The van der Waals surface area contributed by atoms with Crippen LogP contribution in [-0.4, -0.2) is 38.6 Å². The molecule has 1 fully saturated rings. The van der Waals surface area contributed by atoms with E-state index >= 15 is 0 Å². The highest BCUT2D eigenvalue weighted by molar-refractivity contribution is 7.92. The molecule has 0 aliphatic carbocycles. The average molecular weight is 405 g/mol. The van der Waals surface area contributed by atoms with Gasteiger partial charge in [-0.25, -0.2) is 12.8 Å². The number of sulfonamides is 1. The Morgan fingerprint density at radius 2 is 1.79 bits per heavy atom. The molecule has 5 nitrogen and oxygen atoms in total. The molecular formula is C21H25FN2O3S. The SMILES string of the molecule is C[C@@H]1CCCN(C(=O)c2ccc(N(Cc3ccc(F)cc3)S(C)(=O)=O)cc2)C1. The lowest BCUT2D eigenvalue weighted by Gasteiger charge is -2.31. The van der Waals surface area contributed by atoms with Gasteiger partial charge in [-0.2, -0.15) is 0 Å². The molecule has 1 heterocycles. The smallest absolute Gasteiger partial charge is 0.253 e. The van der Waals surface area contributed by atoms with Crippen molar-refractivity contribution in [2.75, 3.05) is 23.7 Å². The second-order valence-electron chi connectivity index (χ2n) is 7.44. The fourth-order valence-corrected chi connectivity index (χ4v) is 4.37. The van der Waals surface area contributed by atoms with Crippen molar-refractivity contribution in [2.24, 2.45) is 5.92 Å². The third kappa shape index (κ3) is 4.90. The Hall–Kier alpha value is -2.41. The number of rotatable bonds is 5. The van der Waals surface area contributed by atoms with Crippen LogP contribution in [0.4, 0.5) is 10.1 Å². The van der Waals surface area contributed by atoms with Crippen LogP contribution in [0.2, 0.25) is 0 Å². The number of anilines is 1. The van der Waals surface area contributed by atoms with E-state index < -0.39 is 10.0 Å². The molecule has 1 aliphatic rings. The Morgan fingerprint density at radius 3 is 2.36 bits per heavy atom. The number of carbonyl (C=O) groups excluding carboxylic acids is 1. The Labute approximate surface area is 165 Å². The van der Waals surface area contributed by atoms with Crippen molar-refractivity contribution in [2.45, 2.75) is 26.3 Å². The summed E-state index contributed by atoms with van der Waals surface area (Å²) in [7, 11) is -3.54. The number of halogens is 1. The van der Waals surface area contributed by atoms with E-state index in [1.807, 2.05) is 4.90 Å². The van der Waals surface area contributed by atoms with Gasteiger partial charge in [0.05, 0.1) is 18.5 Å². The van der Waals surface area contributed by atoms with Crippen LogP contribution in [0.1, 0.15) is 35.7 Å². The summed E-state index contributed by atoms with van der Waals surface area (Å²) in [5.74, 6) is 0.0977. The maximum Gasteiger partial charge on any atom is 0.253 e. The fourth-order valence-electron chi connectivity index (χ4n) is 3.48. The van der Waals surface area contributed by atoms with Gasteiger partial charge in [-0.15, -0.1) is 0 Å². The molecule has 150 valence electrons. The average Bonchev–Trinajstić information content (AvgIpc) is 2.66. The highest BCUT2D eigenvalue weighted by Gasteiger charge is 2.23. The maximum absolute atomic E-state index is 13.1. The van der Waals surface area contributed by atoms with E-state index in [2.05, 4.69) is 6.92 Å². The Bertz CT molecular complexity index is 927. The second kappa shape index (κ2) is 8.31. The molecule has 7 heteroatoms. The lowest BCUT2D eigenvalue weighted by molar-refractivity contribution is 0.0683. The number of amides is 1. The van der Waals surface area contributed by atoms with Crippen LogP contribution in [0, 0.1) is 11.7 Å². The minimum atomic E-state index is -3.54. The zero-order chi connectivity index (χ0) is 20.3. The Kier molecular flexibility index (Phi) is 6.03. The quantitative estimate of drug-likeness (QED) is 0.764. The predicted molar refractivity (Wildman–Crippen MR) is 108 cm³/mol. The summed E-state index contributed by atoms with van der Waals surface area (Å²) < 4.78 is 38.9. The summed E-state index contributed by atoms with van der Waals surface area (Å²) in [6.45, 7) is 3.74. The van der Waals surface area contributed by atoms with Crippen molar-refractivity contribution in [1.29, 1.82) is 0 Å². The number of benzene rings is 2. The Morgan fingerprint density at radius 1 is 1.14 bits per heavy atom. The van der Waals surface area contributed by atoms with E-state index in [4.69, 9.17) is 0 Å². The van der Waals surface area contributed by atoms with E-state index in [1.165, 1.54) is 16.4 Å². The number of piperidine rings is 1. The molecule has 1 aliphatic heterocycles. The number of carbonyl (C=O) groups is 1. The summed E-state index contributed by atoms with van der Waals surface area (Å²) in [6, 6.07) is 12.3. The number of nitrogens with zero attached hydrogens (tertiary/aromatic N) is 2. The molecular weight excluding hydrogens is 379 g/mol. The second-order valence-corrected chi connectivity index (χ2v) is 9.35. The molecule has 2 aromatic carbocycles. The maximum atomic E-state index is 13.1. The van der Waals surface area contributed by atoms with E-state index in [1.54, 1.807) is 36.4 Å². The van der Waals surface area contributed by atoms with Gasteiger partial charge in [-0.3, -0.25) is 9.10 Å². The summed E-state index contributed by atoms with van der Waals surface area (Å²) in [6.07, 6.45) is 3.27. The van der Waals surface area contributed by atoms with Crippen molar-refractivity contribution in [1.82, 2.24) is 4.90 Å².